The zero-order valence-corrected chi connectivity index (χ0v) is 11.3. The van der Waals surface area contributed by atoms with Crippen LogP contribution in [0.4, 0.5) is 0 Å². The quantitative estimate of drug-likeness (QED) is 0.831. The van der Waals surface area contributed by atoms with Crippen molar-refractivity contribution in [2.75, 3.05) is 20.3 Å². The third-order valence-electron chi connectivity index (χ3n) is 3.58. The summed E-state index contributed by atoms with van der Waals surface area (Å²) in [7, 11) is 1.67. The van der Waals surface area contributed by atoms with Gasteiger partial charge in [0.25, 0.3) is 0 Å². The van der Waals surface area contributed by atoms with E-state index in [-0.39, 0.29) is 6.04 Å². The monoisotopic (exact) mass is 267 g/mol. The first-order valence-electron chi connectivity index (χ1n) is 6.68. The van der Waals surface area contributed by atoms with Crippen LogP contribution in [-0.4, -0.2) is 51.8 Å². The van der Waals surface area contributed by atoms with E-state index in [9.17, 15) is 9.90 Å². The second-order valence-corrected chi connectivity index (χ2v) is 4.85. The molecule has 2 heterocycles. The molecule has 1 N–H and O–H groups in total. The van der Waals surface area contributed by atoms with Crippen molar-refractivity contribution in [3.8, 4) is 0 Å². The lowest BCUT2D eigenvalue weighted by atomic mass is 10.0. The minimum atomic E-state index is -0.727. The Morgan fingerprint density at radius 2 is 2.42 bits per heavy atom. The minimum Gasteiger partial charge on any atom is -0.480 e. The second-order valence-electron chi connectivity index (χ2n) is 4.85. The first kappa shape index (κ1) is 14.0. The molecule has 1 aromatic heterocycles. The molecule has 1 aliphatic rings. The fraction of sp³-hybridized carbons (Fsp3) is 0.692. The molecule has 6 nitrogen and oxygen atoms in total. The number of hydrogen-bond acceptors (Lipinski definition) is 4. The van der Waals surface area contributed by atoms with Gasteiger partial charge >= 0.3 is 5.97 Å². The molecule has 0 aromatic carbocycles. The second kappa shape index (κ2) is 6.68. The molecule has 1 fully saturated rings. The van der Waals surface area contributed by atoms with Crippen molar-refractivity contribution in [2.24, 2.45) is 0 Å². The SMILES string of the molecule is COCCn1ccnc1CN1CCCC[C@@H]1C(=O)O. The number of aliphatic carboxylic acids is 1. The van der Waals surface area contributed by atoms with E-state index in [0.717, 1.165) is 38.2 Å². The molecule has 1 aromatic rings. The summed E-state index contributed by atoms with van der Waals surface area (Å²) in [4.78, 5) is 17.6. The molecule has 6 heteroatoms. The van der Waals surface area contributed by atoms with Crippen molar-refractivity contribution >= 4 is 5.97 Å². The maximum atomic E-state index is 11.3. The maximum absolute atomic E-state index is 11.3. The molecule has 1 atom stereocenters. The van der Waals surface area contributed by atoms with Crippen molar-refractivity contribution in [2.45, 2.75) is 38.4 Å². The number of likely N-dealkylation sites (tertiary alicyclic amines) is 1. The summed E-state index contributed by atoms with van der Waals surface area (Å²) in [5.74, 6) is 0.180. The van der Waals surface area contributed by atoms with Gasteiger partial charge in [-0.05, 0) is 19.4 Å². The summed E-state index contributed by atoms with van der Waals surface area (Å²) < 4.78 is 7.09. The number of aromatic nitrogens is 2. The Balaban J connectivity index is 2.02. The van der Waals surface area contributed by atoms with Crippen molar-refractivity contribution in [1.82, 2.24) is 14.5 Å². The van der Waals surface area contributed by atoms with E-state index in [0.29, 0.717) is 13.2 Å². The highest BCUT2D eigenvalue weighted by molar-refractivity contribution is 5.73. The number of hydrogen-bond donors (Lipinski definition) is 1. The highest BCUT2D eigenvalue weighted by Crippen LogP contribution is 2.19. The van der Waals surface area contributed by atoms with E-state index >= 15 is 0 Å². The lowest BCUT2D eigenvalue weighted by Gasteiger charge is -2.32. The molecule has 0 unspecified atom stereocenters. The first-order valence-corrected chi connectivity index (χ1v) is 6.68. The fourth-order valence-corrected chi connectivity index (χ4v) is 2.53. The Morgan fingerprint density at radius 1 is 1.58 bits per heavy atom. The van der Waals surface area contributed by atoms with Gasteiger partial charge in [0.15, 0.2) is 0 Å². The van der Waals surface area contributed by atoms with Crippen LogP contribution in [0.2, 0.25) is 0 Å². The molecule has 1 saturated heterocycles. The predicted octanol–water partition coefficient (Wildman–Crippen LogP) is 0.969. The molecule has 2 rings (SSSR count). The van der Waals surface area contributed by atoms with Gasteiger partial charge in [0.1, 0.15) is 11.9 Å². The summed E-state index contributed by atoms with van der Waals surface area (Å²) >= 11 is 0. The fourth-order valence-electron chi connectivity index (χ4n) is 2.53. The average Bonchev–Trinajstić information content (AvgIpc) is 2.84. The Morgan fingerprint density at radius 3 is 3.16 bits per heavy atom. The number of methoxy groups -OCH3 is 1. The van der Waals surface area contributed by atoms with E-state index in [1.807, 2.05) is 15.7 Å². The van der Waals surface area contributed by atoms with Crippen LogP contribution >= 0.6 is 0 Å². The molecular formula is C13H21N3O3. The summed E-state index contributed by atoms with van der Waals surface area (Å²) in [6, 6.07) is -0.374. The minimum absolute atomic E-state index is 0.374. The smallest absolute Gasteiger partial charge is 0.320 e. The van der Waals surface area contributed by atoms with Gasteiger partial charge in [-0.15, -0.1) is 0 Å². The van der Waals surface area contributed by atoms with Gasteiger partial charge in [-0.25, -0.2) is 4.98 Å². The van der Waals surface area contributed by atoms with Crippen molar-refractivity contribution in [3.05, 3.63) is 18.2 Å². The Kier molecular flexibility index (Phi) is 4.93. The molecule has 19 heavy (non-hydrogen) atoms. The number of carboxylic acids is 1. The average molecular weight is 267 g/mol. The van der Waals surface area contributed by atoms with E-state index in [1.54, 1.807) is 13.3 Å². The number of imidazole rings is 1. The summed E-state index contributed by atoms with van der Waals surface area (Å²) in [6.07, 6.45) is 6.45. The van der Waals surface area contributed by atoms with Gasteiger partial charge in [-0.1, -0.05) is 6.42 Å². The van der Waals surface area contributed by atoms with Crippen LogP contribution in [0.3, 0.4) is 0 Å². The predicted molar refractivity (Wildman–Crippen MR) is 69.8 cm³/mol. The van der Waals surface area contributed by atoms with Crippen molar-refractivity contribution in [3.63, 3.8) is 0 Å². The molecule has 0 saturated carbocycles. The Bertz CT molecular complexity index is 419. The lowest BCUT2D eigenvalue weighted by molar-refractivity contribution is -0.144. The first-order chi connectivity index (χ1) is 9.22. The standard InChI is InChI=1S/C13H21N3O3/c1-19-9-8-15-7-5-14-12(15)10-16-6-3-2-4-11(16)13(17)18/h5,7,11H,2-4,6,8-10H2,1H3,(H,17,18)/t11-/m1/s1. The van der Waals surface area contributed by atoms with E-state index < -0.39 is 5.97 Å². The van der Waals surface area contributed by atoms with E-state index in [4.69, 9.17) is 4.74 Å². The summed E-state index contributed by atoms with van der Waals surface area (Å²) in [5.41, 5.74) is 0. The highest BCUT2D eigenvalue weighted by atomic mass is 16.5. The van der Waals surface area contributed by atoms with Crippen LogP contribution in [0, 0.1) is 0 Å². The number of nitrogens with zero attached hydrogens (tertiary/aromatic N) is 3. The van der Waals surface area contributed by atoms with E-state index in [2.05, 4.69) is 4.98 Å². The largest absolute Gasteiger partial charge is 0.480 e. The molecule has 0 spiro atoms. The molecule has 0 radical (unpaired) electrons. The zero-order valence-electron chi connectivity index (χ0n) is 11.3. The number of carboxylic acid groups (broad SMARTS) is 1. The topological polar surface area (TPSA) is 67.6 Å². The van der Waals surface area contributed by atoms with Crippen molar-refractivity contribution in [1.29, 1.82) is 0 Å². The lowest BCUT2D eigenvalue weighted by Crippen LogP contribution is -2.44. The van der Waals surface area contributed by atoms with Gasteiger partial charge in [-0.2, -0.15) is 0 Å². The van der Waals surface area contributed by atoms with Gasteiger partial charge in [-0.3, -0.25) is 9.69 Å². The zero-order chi connectivity index (χ0) is 13.7. The molecular weight excluding hydrogens is 246 g/mol. The molecule has 0 bridgehead atoms. The molecule has 106 valence electrons. The number of carbonyl (C=O) groups is 1. The number of rotatable bonds is 6. The van der Waals surface area contributed by atoms with E-state index in [1.165, 1.54) is 0 Å². The van der Waals surface area contributed by atoms with Gasteiger partial charge in [0.2, 0.25) is 0 Å². The number of piperidine rings is 1. The van der Waals surface area contributed by atoms with Crippen LogP contribution in [0.25, 0.3) is 0 Å². The Labute approximate surface area is 113 Å². The highest BCUT2D eigenvalue weighted by Gasteiger charge is 2.29. The third-order valence-corrected chi connectivity index (χ3v) is 3.58. The van der Waals surface area contributed by atoms with Crippen LogP contribution in [0.5, 0.6) is 0 Å². The van der Waals surface area contributed by atoms with Crippen LogP contribution < -0.4 is 0 Å². The van der Waals surface area contributed by atoms with Crippen LogP contribution in [-0.2, 0) is 22.6 Å². The molecule has 1 aliphatic heterocycles. The van der Waals surface area contributed by atoms with Crippen LogP contribution in [0.15, 0.2) is 12.4 Å². The summed E-state index contributed by atoms with van der Waals surface area (Å²) in [5, 5.41) is 9.26. The van der Waals surface area contributed by atoms with Gasteiger partial charge < -0.3 is 14.4 Å². The molecule has 0 amide bonds. The maximum Gasteiger partial charge on any atom is 0.320 e. The van der Waals surface area contributed by atoms with Crippen LogP contribution in [0.1, 0.15) is 25.1 Å². The van der Waals surface area contributed by atoms with Gasteiger partial charge in [0, 0.05) is 26.0 Å². The third kappa shape index (κ3) is 3.54. The number of ether oxygens (including phenoxy) is 1. The Hall–Kier alpha value is -1.40. The molecule has 0 aliphatic carbocycles. The normalized spacial score (nSPS) is 20.6. The van der Waals surface area contributed by atoms with Crippen molar-refractivity contribution < 1.29 is 14.6 Å². The van der Waals surface area contributed by atoms with Gasteiger partial charge in [0.05, 0.1) is 13.2 Å². The summed E-state index contributed by atoms with van der Waals surface area (Å²) in [6.45, 7) is 2.80.